The van der Waals surface area contributed by atoms with Crippen LogP contribution < -0.4 is 10.5 Å². The molecule has 5 rings (SSSR count). The van der Waals surface area contributed by atoms with Gasteiger partial charge in [-0.1, -0.05) is 18.2 Å². The van der Waals surface area contributed by atoms with Crippen molar-refractivity contribution in [1.82, 2.24) is 9.47 Å². The highest BCUT2D eigenvalue weighted by Gasteiger charge is 2.30. The molecule has 0 radical (unpaired) electrons. The molecular weight excluding hydrogens is 394 g/mol. The topological polar surface area (TPSA) is 60.5 Å². The molecule has 1 saturated heterocycles. The van der Waals surface area contributed by atoms with Crippen LogP contribution in [0.25, 0.3) is 21.0 Å². The summed E-state index contributed by atoms with van der Waals surface area (Å²) < 4.78 is 8.69. The van der Waals surface area contributed by atoms with Gasteiger partial charge in [-0.15, -0.1) is 11.3 Å². The Morgan fingerprint density at radius 3 is 2.87 bits per heavy atom. The average molecular weight is 420 g/mol. The summed E-state index contributed by atoms with van der Waals surface area (Å²) in [6.07, 6.45) is 3.26. The second-order valence-electron chi connectivity index (χ2n) is 8.07. The SMILES string of the molecule is COc1ccc2c(CN3CC[C@@H](c4c(C(N)=O)sc5ccccc45)C3)cn(C)c2c1. The third kappa shape index (κ3) is 3.16. The van der Waals surface area contributed by atoms with Gasteiger partial charge in [0.05, 0.1) is 17.5 Å². The van der Waals surface area contributed by atoms with Gasteiger partial charge in [-0.2, -0.15) is 0 Å². The molecular formula is C24H25N3O2S. The van der Waals surface area contributed by atoms with E-state index >= 15 is 0 Å². The highest BCUT2D eigenvalue weighted by molar-refractivity contribution is 7.21. The minimum Gasteiger partial charge on any atom is -0.497 e. The molecule has 0 spiro atoms. The summed E-state index contributed by atoms with van der Waals surface area (Å²) in [5.74, 6) is 0.895. The van der Waals surface area contributed by atoms with E-state index in [1.807, 2.05) is 18.2 Å². The highest BCUT2D eigenvalue weighted by Crippen LogP contribution is 2.40. The number of fused-ring (bicyclic) bond motifs is 2. The zero-order chi connectivity index (χ0) is 20.8. The lowest BCUT2D eigenvalue weighted by molar-refractivity contribution is 0.100. The number of carbonyl (C=O) groups is 1. The van der Waals surface area contributed by atoms with E-state index in [4.69, 9.17) is 10.5 Å². The summed E-state index contributed by atoms with van der Waals surface area (Å²) in [6.45, 7) is 2.85. The molecule has 2 aromatic heterocycles. The van der Waals surface area contributed by atoms with E-state index in [0.29, 0.717) is 5.92 Å². The molecule has 1 fully saturated rings. The lowest BCUT2D eigenvalue weighted by Crippen LogP contribution is -2.20. The molecule has 2 N–H and O–H groups in total. The number of methoxy groups -OCH3 is 1. The number of hydrogen-bond donors (Lipinski definition) is 1. The summed E-state index contributed by atoms with van der Waals surface area (Å²) >= 11 is 1.52. The Labute approximate surface area is 179 Å². The van der Waals surface area contributed by atoms with Gasteiger partial charge in [-0.3, -0.25) is 9.69 Å². The van der Waals surface area contributed by atoms with Crippen molar-refractivity contribution >= 4 is 38.2 Å². The van der Waals surface area contributed by atoms with Crippen molar-refractivity contribution in [2.45, 2.75) is 18.9 Å². The fourth-order valence-electron chi connectivity index (χ4n) is 4.81. The molecule has 1 aliphatic rings. The highest BCUT2D eigenvalue weighted by atomic mass is 32.1. The molecule has 0 bridgehead atoms. The molecule has 0 unspecified atom stereocenters. The molecule has 0 aliphatic carbocycles. The predicted molar refractivity (Wildman–Crippen MR) is 122 cm³/mol. The van der Waals surface area contributed by atoms with E-state index in [-0.39, 0.29) is 5.91 Å². The monoisotopic (exact) mass is 419 g/mol. The molecule has 1 amide bonds. The van der Waals surface area contributed by atoms with E-state index in [1.165, 1.54) is 33.2 Å². The van der Waals surface area contributed by atoms with Crippen LogP contribution in [0.2, 0.25) is 0 Å². The predicted octanol–water partition coefficient (Wildman–Crippen LogP) is 4.49. The number of ether oxygens (including phenoxy) is 1. The van der Waals surface area contributed by atoms with Gasteiger partial charge in [0, 0.05) is 48.4 Å². The molecule has 2 aromatic carbocycles. The summed E-state index contributed by atoms with van der Waals surface area (Å²) in [4.78, 5) is 15.3. The number of primary amides is 1. The van der Waals surface area contributed by atoms with Crippen LogP contribution in [-0.2, 0) is 13.6 Å². The average Bonchev–Trinajstić information content (AvgIpc) is 3.44. The minimum atomic E-state index is -0.312. The number of hydrogen-bond acceptors (Lipinski definition) is 4. The molecule has 1 atom stereocenters. The maximum atomic E-state index is 12.1. The number of likely N-dealkylation sites (tertiary alicyclic amines) is 1. The first-order chi connectivity index (χ1) is 14.5. The van der Waals surface area contributed by atoms with Crippen LogP contribution in [0.3, 0.4) is 0 Å². The normalized spacial score (nSPS) is 17.2. The van der Waals surface area contributed by atoms with Crippen molar-refractivity contribution in [3.05, 3.63) is 64.7 Å². The van der Waals surface area contributed by atoms with Gasteiger partial charge in [-0.05, 0) is 47.7 Å². The van der Waals surface area contributed by atoms with Gasteiger partial charge in [0.1, 0.15) is 5.75 Å². The van der Waals surface area contributed by atoms with Crippen molar-refractivity contribution < 1.29 is 9.53 Å². The van der Waals surface area contributed by atoms with Crippen molar-refractivity contribution in [3.63, 3.8) is 0 Å². The summed E-state index contributed by atoms with van der Waals surface area (Å²) in [6, 6.07) is 14.5. The zero-order valence-electron chi connectivity index (χ0n) is 17.2. The van der Waals surface area contributed by atoms with Crippen molar-refractivity contribution in [2.24, 2.45) is 12.8 Å². The van der Waals surface area contributed by atoms with Gasteiger partial charge < -0.3 is 15.0 Å². The first kappa shape index (κ1) is 19.2. The first-order valence-corrected chi connectivity index (χ1v) is 11.0. The van der Waals surface area contributed by atoms with E-state index in [2.05, 4.69) is 47.0 Å². The third-order valence-electron chi connectivity index (χ3n) is 6.21. The fraction of sp³-hybridized carbons (Fsp3) is 0.292. The molecule has 6 heteroatoms. The van der Waals surface area contributed by atoms with Crippen LogP contribution in [0.1, 0.15) is 33.1 Å². The van der Waals surface area contributed by atoms with Crippen LogP contribution in [0.15, 0.2) is 48.7 Å². The Hall–Kier alpha value is -2.83. The lowest BCUT2D eigenvalue weighted by atomic mass is 9.95. The molecule has 4 aromatic rings. The zero-order valence-corrected chi connectivity index (χ0v) is 18.0. The maximum Gasteiger partial charge on any atom is 0.259 e. The van der Waals surface area contributed by atoms with Crippen molar-refractivity contribution in [1.29, 1.82) is 0 Å². The number of aromatic nitrogens is 1. The number of nitrogens with zero attached hydrogens (tertiary/aromatic N) is 2. The van der Waals surface area contributed by atoms with Gasteiger partial charge in [0.2, 0.25) is 0 Å². The van der Waals surface area contributed by atoms with E-state index < -0.39 is 0 Å². The third-order valence-corrected chi connectivity index (χ3v) is 7.41. The van der Waals surface area contributed by atoms with Crippen molar-refractivity contribution in [3.8, 4) is 5.75 Å². The van der Waals surface area contributed by atoms with Gasteiger partial charge >= 0.3 is 0 Å². The maximum absolute atomic E-state index is 12.1. The fourth-order valence-corrected chi connectivity index (χ4v) is 5.95. The summed E-state index contributed by atoms with van der Waals surface area (Å²) in [5, 5.41) is 2.45. The van der Waals surface area contributed by atoms with Crippen LogP contribution in [0.4, 0.5) is 0 Å². The second kappa shape index (κ2) is 7.45. The van der Waals surface area contributed by atoms with Gasteiger partial charge in [0.15, 0.2) is 0 Å². The van der Waals surface area contributed by atoms with Gasteiger partial charge in [0.25, 0.3) is 5.91 Å². The van der Waals surface area contributed by atoms with Gasteiger partial charge in [-0.25, -0.2) is 0 Å². The molecule has 5 nitrogen and oxygen atoms in total. The van der Waals surface area contributed by atoms with E-state index in [0.717, 1.165) is 46.9 Å². The minimum absolute atomic E-state index is 0.312. The Bertz CT molecular complexity index is 1260. The molecule has 0 saturated carbocycles. The number of amides is 1. The quantitative estimate of drug-likeness (QED) is 0.518. The molecule has 30 heavy (non-hydrogen) atoms. The summed E-state index contributed by atoms with van der Waals surface area (Å²) in [5.41, 5.74) is 9.39. The Balaban J connectivity index is 1.42. The van der Waals surface area contributed by atoms with E-state index in [9.17, 15) is 4.79 Å². The number of nitrogens with two attached hydrogens (primary N) is 1. The molecule has 1 aliphatic heterocycles. The molecule has 154 valence electrons. The Kier molecular flexibility index (Phi) is 4.76. The number of rotatable bonds is 5. The largest absolute Gasteiger partial charge is 0.497 e. The summed E-state index contributed by atoms with van der Waals surface area (Å²) in [7, 11) is 3.78. The first-order valence-electron chi connectivity index (χ1n) is 10.2. The molecule has 3 heterocycles. The Morgan fingerprint density at radius 1 is 1.23 bits per heavy atom. The Morgan fingerprint density at radius 2 is 2.07 bits per heavy atom. The number of thiophene rings is 1. The van der Waals surface area contributed by atoms with E-state index in [1.54, 1.807) is 7.11 Å². The second-order valence-corrected chi connectivity index (χ2v) is 9.13. The number of aryl methyl sites for hydroxylation is 1. The lowest BCUT2D eigenvalue weighted by Gasteiger charge is -2.16. The van der Waals surface area contributed by atoms with Crippen LogP contribution in [-0.4, -0.2) is 35.6 Å². The smallest absolute Gasteiger partial charge is 0.259 e. The van der Waals surface area contributed by atoms with Crippen LogP contribution in [0, 0.1) is 0 Å². The van der Waals surface area contributed by atoms with Crippen LogP contribution in [0.5, 0.6) is 5.75 Å². The van der Waals surface area contributed by atoms with Crippen LogP contribution >= 0.6 is 11.3 Å². The standard InChI is InChI=1S/C24H25N3O2S/c1-26-12-16(18-8-7-17(29-2)11-20(18)26)14-27-10-9-15(13-27)22-19-5-3-4-6-21(19)30-23(22)24(25)28/h3-8,11-12,15H,9-10,13-14H2,1-2H3,(H2,25,28)/t15-/m1/s1. The number of carbonyl (C=O) groups excluding carboxylic acids is 1. The van der Waals surface area contributed by atoms with Crippen molar-refractivity contribution in [2.75, 3.05) is 20.2 Å². The number of benzene rings is 2.